The van der Waals surface area contributed by atoms with E-state index in [2.05, 4.69) is 13.2 Å². The van der Waals surface area contributed by atoms with Gasteiger partial charge >= 0.3 is 0 Å². The molecule has 0 aromatic heterocycles. The Bertz CT molecular complexity index is 197. The van der Waals surface area contributed by atoms with Crippen LogP contribution in [0.25, 0.3) is 0 Å². The summed E-state index contributed by atoms with van der Waals surface area (Å²) in [4.78, 5) is 11.1. The highest BCUT2D eigenvalue weighted by Gasteiger charge is 2.28. The normalized spacial score (nSPS) is 16.5. The van der Waals surface area contributed by atoms with Gasteiger partial charge in [0.1, 0.15) is 0 Å². The molecule has 0 spiro atoms. The Kier molecular flexibility index (Phi) is 1.75. The molecule has 1 rings (SSSR count). The van der Waals surface area contributed by atoms with Crippen LogP contribution in [0.4, 0.5) is 0 Å². The van der Waals surface area contributed by atoms with Gasteiger partial charge in [-0.25, -0.2) is 0 Å². The molecule has 0 amide bonds. The molecule has 1 saturated carbocycles. The molecule has 1 aliphatic rings. The van der Waals surface area contributed by atoms with E-state index in [1.165, 1.54) is 0 Å². The summed E-state index contributed by atoms with van der Waals surface area (Å²) in [7, 11) is 0. The molecule has 0 heterocycles. The van der Waals surface area contributed by atoms with Gasteiger partial charge in [-0.05, 0) is 36.8 Å². The van der Waals surface area contributed by atoms with E-state index in [1.807, 2.05) is 0 Å². The van der Waals surface area contributed by atoms with Crippen LogP contribution in [0.15, 0.2) is 24.3 Å². The quantitative estimate of drug-likeness (QED) is 0.543. The number of allylic oxidation sites excluding steroid dienone is 2. The summed E-state index contributed by atoms with van der Waals surface area (Å²) >= 11 is 0. The van der Waals surface area contributed by atoms with Crippen molar-refractivity contribution >= 4 is 5.78 Å². The molecule has 0 aliphatic heterocycles. The van der Waals surface area contributed by atoms with Crippen LogP contribution in [0.2, 0.25) is 0 Å². The van der Waals surface area contributed by atoms with Gasteiger partial charge in [-0.1, -0.05) is 13.2 Å². The maximum Gasteiger partial charge on any atom is 0.183 e. The van der Waals surface area contributed by atoms with Crippen molar-refractivity contribution < 1.29 is 4.79 Å². The van der Waals surface area contributed by atoms with Crippen molar-refractivity contribution in [1.29, 1.82) is 0 Å². The number of hydrogen-bond donors (Lipinski definition) is 0. The third-order valence-corrected chi connectivity index (χ3v) is 1.75. The second-order valence-electron chi connectivity index (χ2n) is 2.91. The Morgan fingerprint density at radius 3 is 2.20 bits per heavy atom. The summed E-state index contributed by atoms with van der Waals surface area (Å²) in [6.45, 7) is 9.04. The number of carbonyl (C=O) groups is 1. The topological polar surface area (TPSA) is 17.1 Å². The van der Waals surface area contributed by atoms with Crippen LogP contribution in [0.3, 0.4) is 0 Å². The van der Waals surface area contributed by atoms with Gasteiger partial charge in [0.15, 0.2) is 5.78 Å². The number of Topliss-reactive ketones (excluding diaryl/α,β-unsaturated/α-hetero) is 1. The molecule has 0 atom stereocenters. The number of hydrogen-bond acceptors (Lipinski definition) is 1. The molecule has 0 aromatic carbocycles. The molecule has 1 nitrogen and oxygen atoms in total. The molecule has 1 fully saturated rings. The fourth-order valence-electron chi connectivity index (χ4n) is 0.891. The summed E-state index contributed by atoms with van der Waals surface area (Å²) in [5, 5.41) is 0. The van der Waals surface area contributed by atoms with E-state index in [1.54, 1.807) is 6.92 Å². The Morgan fingerprint density at radius 1 is 1.40 bits per heavy atom. The Balaban J connectivity index is 2.55. The second kappa shape index (κ2) is 2.41. The smallest absolute Gasteiger partial charge is 0.183 e. The minimum absolute atomic E-state index is 0.0579. The number of ketones is 1. The van der Waals surface area contributed by atoms with Crippen molar-refractivity contribution in [3.05, 3.63) is 24.3 Å². The minimum Gasteiger partial charge on any atom is -0.289 e. The first kappa shape index (κ1) is 7.26. The maximum absolute atomic E-state index is 11.1. The largest absolute Gasteiger partial charge is 0.289 e. The summed E-state index contributed by atoms with van der Waals surface area (Å²) in [5.41, 5.74) is 1.37. The maximum atomic E-state index is 11.1. The van der Waals surface area contributed by atoms with Crippen molar-refractivity contribution in [3.8, 4) is 0 Å². The highest BCUT2D eigenvalue weighted by Crippen LogP contribution is 2.36. The molecular formula is C9H12O. The van der Waals surface area contributed by atoms with Gasteiger partial charge < -0.3 is 0 Å². The molecule has 0 bridgehead atoms. The molecule has 0 N–H and O–H groups in total. The lowest BCUT2D eigenvalue weighted by molar-refractivity contribution is -0.112. The minimum atomic E-state index is 0.0579. The molecular weight excluding hydrogens is 124 g/mol. The van der Waals surface area contributed by atoms with Crippen LogP contribution >= 0.6 is 0 Å². The lowest BCUT2D eigenvalue weighted by atomic mass is 10.0. The first-order valence-corrected chi connectivity index (χ1v) is 3.52. The lowest BCUT2D eigenvalue weighted by Gasteiger charge is -1.99. The Labute approximate surface area is 61.4 Å². The molecule has 0 unspecified atom stereocenters. The Morgan fingerprint density at radius 2 is 1.90 bits per heavy atom. The van der Waals surface area contributed by atoms with Gasteiger partial charge in [0, 0.05) is 0 Å². The molecule has 54 valence electrons. The Hall–Kier alpha value is -0.850. The highest BCUT2D eigenvalue weighted by molar-refractivity contribution is 6.07. The van der Waals surface area contributed by atoms with Crippen LogP contribution in [-0.2, 0) is 4.79 Å². The SMILES string of the molecule is C=C(C)C(=O)C(=C)C1CC1. The lowest BCUT2D eigenvalue weighted by Crippen LogP contribution is -2.02. The van der Waals surface area contributed by atoms with Crippen LogP contribution < -0.4 is 0 Å². The summed E-state index contributed by atoms with van der Waals surface area (Å²) in [5.74, 6) is 0.534. The van der Waals surface area contributed by atoms with Gasteiger partial charge in [-0.15, -0.1) is 0 Å². The first-order valence-electron chi connectivity index (χ1n) is 3.52. The van der Waals surface area contributed by atoms with Crippen LogP contribution in [0.5, 0.6) is 0 Å². The number of rotatable bonds is 3. The van der Waals surface area contributed by atoms with Crippen LogP contribution in [0, 0.1) is 5.92 Å². The van der Waals surface area contributed by atoms with E-state index in [0.717, 1.165) is 18.4 Å². The summed E-state index contributed by atoms with van der Waals surface area (Å²) in [6.07, 6.45) is 2.27. The summed E-state index contributed by atoms with van der Waals surface area (Å²) < 4.78 is 0. The average Bonchev–Trinajstić information content (AvgIpc) is 2.65. The van der Waals surface area contributed by atoms with E-state index in [4.69, 9.17) is 0 Å². The van der Waals surface area contributed by atoms with Gasteiger partial charge in [0.25, 0.3) is 0 Å². The monoisotopic (exact) mass is 136 g/mol. The van der Waals surface area contributed by atoms with Crippen LogP contribution in [-0.4, -0.2) is 5.78 Å². The van der Waals surface area contributed by atoms with Gasteiger partial charge in [-0.2, -0.15) is 0 Å². The van der Waals surface area contributed by atoms with Crippen molar-refractivity contribution in [3.63, 3.8) is 0 Å². The zero-order valence-corrected chi connectivity index (χ0v) is 6.31. The first-order chi connectivity index (χ1) is 4.63. The molecule has 0 saturated heterocycles. The zero-order valence-electron chi connectivity index (χ0n) is 6.31. The van der Waals surface area contributed by atoms with Crippen molar-refractivity contribution in [1.82, 2.24) is 0 Å². The standard InChI is InChI=1S/C9H12O/c1-6(2)9(10)7(3)8-4-5-8/h8H,1,3-5H2,2H3. The molecule has 0 aromatic rings. The van der Waals surface area contributed by atoms with Crippen LogP contribution in [0.1, 0.15) is 19.8 Å². The third-order valence-electron chi connectivity index (χ3n) is 1.75. The zero-order chi connectivity index (χ0) is 7.72. The van der Waals surface area contributed by atoms with E-state index in [0.29, 0.717) is 11.5 Å². The van der Waals surface area contributed by atoms with E-state index >= 15 is 0 Å². The fourth-order valence-corrected chi connectivity index (χ4v) is 0.891. The van der Waals surface area contributed by atoms with Crippen molar-refractivity contribution in [2.24, 2.45) is 5.92 Å². The van der Waals surface area contributed by atoms with E-state index in [9.17, 15) is 4.79 Å². The average molecular weight is 136 g/mol. The van der Waals surface area contributed by atoms with Gasteiger partial charge in [-0.3, -0.25) is 4.79 Å². The van der Waals surface area contributed by atoms with E-state index < -0.39 is 0 Å². The summed E-state index contributed by atoms with van der Waals surface area (Å²) in [6, 6.07) is 0. The molecule has 0 radical (unpaired) electrons. The molecule has 1 heteroatoms. The second-order valence-corrected chi connectivity index (χ2v) is 2.91. The molecule has 10 heavy (non-hydrogen) atoms. The number of carbonyl (C=O) groups excluding carboxylic acids is 1. The van der Waals surface area contributed by atoms with E-state index in [-0.39, 0.29) is 5.78 Å². The predicted octanol–water partition coefficient (Wildman–Crippen LogP) is 2.10. The van der Waals surface area contributed by atoms with Crippen molar-refractivity contribution in [2.75, 3.05) is 0 Å². The molecule has 1 aliphatic carbocycles. The predicted molar refractivity (Wildman–Crippen MR) is 41.7 cm³/mol. The van der Waals surface area contributed by atoms with Gasteiger partial charge in [0.2, 0.25) is 0 Å². The highest BCUT2D eigenvalue weighted by atomic mass is 16.1. The van der Waals surface area contributed by atoms with Crippen molar-refractivity contribution in [2.45, 2.75) is 19.8 Å². The third kappa shape index (κ3) is 1.35. The fraction of sp³-hybridized carbons (Fsp3) is 0.444. The van der Waals surface area contributed by atoms with Gasteiger partial charge in [0.05, 0.1) is 0 Å².